The molecule has 1 aliphatic heterocycles. The predicted octanol–water partition coefficient (Wildman–Crippen LogP) is 4.20. The highest BCUT2D eigenvalue weighted by Gasteiger charge is 2.27. The highest BCUT2D eigenvalue weighted by molar-refractivity contribution is 7.09. The van der Waals surface area contributed by atoms with Gasteiger partial charge in [-0.15, -0.1) is 21.5 Å². The molecule has 0 spiro atoms. The first kappa shape index (κ1) is 19.2. The lowest BCUT2D eigenvalue weighted by atomic mass is 9.93. The summed E-state index contributed by atoms with van der Waals surface area (Å²) in [6, 6.07) is 6.02. The summed E-state index contributed by atoms with van der Waals surface area (Å²) in [4.78, 5) is 7.01. The van der Waals surface area contributed by atoms with Crippen LogP contribution in [-0.4, -0.2) is 39.8 Å². The monoisotopic (exact) mass is 402 g/mol. The molecule has 1 aliphatic rings. The summed E-state index contributed by atoms with van der Waals surface area (Å²) in [6.45, 7) is 9.18. The number of halogens is 1. The maximum Gasteiger partial charge on any atom is 0.247 e. The topological polar surface area (TPSA) is 64.3 Å². The van der Waals surface area contributed by atoms with Crippen LogP contribution in [0.1, 0.15) is 43.5 Å². The molecule has 0 aliphatic carbocycles. The van der Waals surface area contributed by atoms with E-state index < -0.39 is 0 Å². The molecule has 2 aromatic heterocycles. The third-order valence-corrected chi connectivity index (χ3v) is 5.57. The van der Waals surface area contributed by atoms with Gasteiger partial charge in [0.05, 0.1) is 18.8 Å². The van der Waals surface area contributed by atoms with Gasteiger partial charge in [0.2, 0.25) is 11.8 Å². The second-order valence-electron chi connectivity index (χ2n) is 7.92. The first-order chi connectivity index (χ1) is 13.4. The smallest absolute Gasteiger partial charge is 0.247 e. The minimum atomic E-state index is -0.292. The van der Waals surface area contributed by atoms with E-state index in [4.69, 9.17) is 14.1 Å². The van der Waals surface area contributed by atoms with Crippen LogP contribution in [-0.2, 0) is 16.7 Å². The zero-order valence-electron chi connectivity index (χ0n) is 16.2. The first-order valence-electron chi connectivity index (χ1n) is 9.27. The van der Waals surface area contributed by atoms with Crippen LogP contribution in [0, 0.1) is 5.82 Å². The highest BCUT2D eigenvalue weighted by Crippen LogP contribution is 2.30. The number of morpholine rings is 1. The number of rotatable bonds is 4. The van der Waals surface area contributed by atoms with E-state index in [2.05, 4.69) is 41.2 Å². The van der Waals surface area contributed by atoms with E-state index in [0.717, 1.165) is 23.8 Å². The molecule has 1 atom stereocenters. The van der Waals surface area contributed by atoms with E-state index in [0.29, 0.717) is 30.5 Å². The van der Waals surface area contributed by atoms with Gasteiger partial charge in [0.15, 0.2) is 0 Å². The number of thiazole rings is 1. The van der Waals surface area contributed by atoms with Crippen molar-refractivity contribution in [1.29, 1.82) is 0 Å². The number of hydrogen-bond donors (Lipinski definition) is 0. The second kappa shape index (κ2) is 7.69. The van der Waals surface area contributed by atoms with Crippen LogP contribution >= 0.6 is 11.3 Å². The van der Waals surface area contributed by atoms with Crippen molar-refractivity contribution in [3.8, 4) is 11.5 Å². The van der Waals surface area contributed by atoms with Crippen molar-refractivity contribution in [2.24, 2.45) is 0 Å². The van der Waals surface area contributed by atoms with Gasteiger partial charge in [-0.3, -0.25) is 4.90 Å². The Morgan fingerprint density at radius 2 is 2.00 bits per heavy atom. The standard InChI is InChI=1S/C20H23FN4O2S/c1-20(2,3)16-12-28-19(22-16)15-10-25(8-9-26-15)11-17-23-24-18(27-17)13-4-6-14(21)7-5-13/h4-7,12,15H,8-11H2,1-3H3. The van der Waals surface area contributed by atoms with E-state index in [9.17, 15) is 4.39 Å². The molecule has 0 bridgehead atoms. The van der Waals surface area contributed by atoms with Crippen molar-refractivity contribution < 1.29 is 13.5 Å². The Balaban J connectivity index is 1.41. The van der Waals surface area contributed by atoms with Gasteiger partial charge in [-0.1, -0.05) is 20.8 Å². The maximum atomic E-state index is 13.1. The molecular weight excluding hydrogens is 379 g/mol. The molecule has 3 heterocycles. The molecule has 8 heteroatoms. The van der Waals surface area contributed by atoms with Crippen LogP contribution in [0.5, 0.6) is 0 Å². The molecule has 0 N–H and O–H groups in total. The molecule has 0 radical (unpaired) electrons. The first-order valence-corrected chi connectivity index (χ1v) is 10.1. The van der Waals surface area contributed by atoms with E-state index in [1.165, 1.54) is 12.1 Å². The Hall–Kier alpha value is -2.16. The van der Waals surface area contributed by atoms with Gasteiger partial charge >= 0.3 is 0 Å². The van der Waals surface area contributed by atoms with Crippen molar-refractivity contribution in [3.05, 3.63) is 52.1 Å². The number of benzene rings is 1. The van der Waals surface area contributed by atoms with Gasteiger partial charge in [0, 0.05) is 29.4 Å². The number of ether oxygens (including phenoxy) is 1. The van der Waals surface area contributed by atoms with Crippen molar-refractivity contribution in [2.75, 3.05) is 19.7 Å². The molecule has 1 unspecified atom stereocenters. The fourth-order valence-corrected chi connectivity index (χ4v) is 4.08. The van der Waals surface area contributed by atoms with Gasteiger partial charge < -0.3 is 9.15 Å². The summed E-state index contributed by atoms with van der Waals surface area (Å²) >= 11 is 1.65. The number of hydrogen-bond acceptors (Lipinski definition) is 7. The molecule has 3 aromatic rings. The summed E-state index contributed by atoms with van der Waals surface area (Å²) in [5.41, 5.74) is 1.83. The summed E-state index contributed by atoms with van der Waals surface area (Å²) < 4.78 is 24.8. The molecule has 4 rings (SSSR count). The van der Waals surface area contributed by atoms with Gasteiger partial charge in [-0.25, -0.2) is 9.37 Å². The van der Waals surface area contributed by atoms with Gasteiger partial charge in [-0.2, -0.15) is 0 Å². The minimum absolute atomic E-state index is 0.0314. The van der Waals surface area contributed by atoms with E-state index in [-0.39, 0.29) is 17.3 Å². The third-order valence-electron chi connectivity index (χ3n) is 4.63. The molecule has 1 fully saturated rings. The van der Waals surface area contributed by atoms with Gasteiger partial charge in [-0.05, 0) is 24.3 Å². The van der Waals surface area contributed by atoms with Crippen molar-refractivity contribution in [1.82, 2.24) is 20.1 Å². The van der Waals surface area contributed by atoms with Crippen LogP contribution in [0.2, 0.25) is 0 Å². The maximum absolute atomic E-state index is 13.1. The highest BCUT2D eigenvalue weighted by atomic mass is 32.1. The summed E-state index contributed by atoms with van der Waals surface area (Å²) in [7, 11) is 0. The van der Waals surface area contributed by atoms with Crippen LogP contribution in [0.25, 0.3) is 11.5 Å². The predicted molar refractivity (Wildman–Crippen MR) is 104 cm³/mol. The SMILES string of the molecule is CC(C)(C)c1csc(C2CN(Cc3nnc(-c4ccc(F)cc4)o3)CCO2)n1. The Morgan fingerprint density at radius 1 is 1.21 bits per heavy atom. The molecule has 148 valence electrons. The Kier molecular flexibility index (Phi) is 5.27. The van der Waals surface area contributed by atoms with Crippen LogP contribution in [0.4, 0.5) is 4.39 Å². The molecule has 28 heavy (non-hydrogen) atoms. The minimum Gasteiger partial charge on any atom is -0.419 e. The molecule has 0 saturated carbocycles. The summed E-state index contributed by atoms with van der Waals surface area (Å²) in [6.07, 6.45) is -0.0469. The molecule has 6 nitrogen and oxygen atoms in total. The fourth-order valence-electron chi connectivity index (χ4n) is 2.99. The summed E-state index contributed by atoms with van der Waals surface area (Å²) in [5.74, 6) is 0.642. The van der Waals surface area contributed by atoms with Crippen molar-refractivity contribution in [2.45, 2.75) is 38.8 Å². The normalized spacial score (nSPS) is 18.5. The van der Waals surface area contributed by atoms with Gasteiger partial charge in [0.25, 0.3) is 0 Å². The fraction of sp³-hybridized carbons (Fsp3) is 0.450. The molecule has 1 aromatic carbocycles. The van der Waals surface area contributed by atoms with Crippen molar-refractivity contribution >= 4 is 11.3 Å². The number of aromatic nitrogens is 3. The quantitative estimate of drug-likeness (QED) is 0.652. The zero-order valence-corrected chi connectivity index (χ0v) is 17.0. The second-order valence-corrected chi connectivity index (χ2v) is 8.81. The van der Waals surface area contributed by atoms with Crippen LogP contribution in [0.3, 0.4) is 0 Å². The Morgan fingerprint density at radius 3 is 2.71 bits per heavy atom. The van der Waals surface area contributed by atoms with Crippen LogP contribution in [0.15, 0.2) is 34.1 Å². The molecular formula is C20H23FN4O2S. The number of nitrogens with zero attached hydrogens (tertiary/aromatic N) is 4. The van der Waals surface area contributed by atoms with Crippen molar-refractivity contribution in [3.63, 3.8) is 0 Å². The third kappa shape index (κ3) is 4.29. The Labute approximate surface area is 167 Å². The lowest BCUT2D eigenvalue weighted by Crippen LogP contribution is -2.37. The largest absolute Gasteiger partial charge is 0.419 e. The van der Waals surface area contributed by atoms with E-state index >= 15 is 0 Å². The average molecular weight is 402 g/mol. The summed E-state index contributed by atoms with van der Waals surface area (Å²) in [5, 5.41) is 11.3. The van der Waals surface area contributed by atoms with Crippen LogP contribution < -0.4 is 0 Å². The lowest BCUT2D eigenvalue weighted by molar-refractivity contribution is -0.0353. The Bertz CT molecular complexity index is 932. The van der Waals surface area contributed by atoms with Gasteiger partial charge in [0.1, 0.15) is 16.9 Å². The molecule has 1 saturated heterocycles. The molecule has 0 amide bonds. The zero-order chi connectivity index (χ0) is 19.7. The lowest BCUT2D eigenvalue weighted by Gasteiger charge is -2.30. The van der Waals surface area contributed by atoms with E-state index in [1.54, 1.807) is 23.5 Å². The van der Waals surface area contributed by atoms with E-state index in [1.807, 2.05) is 0 Å². The average Bonchev–Trinajstić information content (AvgIpc) is 3.32.